The SMILES string of the molecule is CCCN1CCC(O)(Cc2ccc(I)cc2)CC1. The summed E-state index contributed by atoms with van der Waals surface area (Å²) in [7, 11) is 0. The molecule has 18 heavy (non-hydrogen) atoms. The minimum Gasteiger partial charge on any atom is -0.389 e. The zero-order valence-electron chi connectivity index (χ0n) is 11.0. The predicted molar refractivity (Wildman–Crippen MR) is 83.8 cm³/mol. The Labute approximate surface area is 124 Å². The average molecular weight is 359 g/mol. The van der Waals surface area contributed by atoms with Crippen molar-refractivity contribution >= 4 is 22.6 Å². The Balaban J connectivity index is 1.91. The van der Waals surface area contributed by atoms with Crippen molar-refractivity contribution in [1.82, 2.24) is 4.90 Å². The fraction of sp³-hybridized carbons (Fsp3) is 0.600. The van der Waals surface area contributed by atoms with Crippen LogP contribution in [0.4, 0.5) is 0 Å². The van der Waals surface area contributed by atoms with E-state index in [-0.39, 0.29) is 0 Å². The molecule has 0 unspecified atom stereocenters. The molecule has 0 bridgehead atoms. The van der Waals surface area contributed by atoms with Crippen molar-refractivity contribution < 1.29 is 5.11 Å². The lowest BCUT2D eigenvalue weighted by molar-refractivity contribution is -0.0205. The van der Waals surface area contributed by atoms with Crippen molar-refractivity contribution in [2.75, 3.05) is 19.6 Å². The zero-order chi connectivity index (χ0) is 13.0. The van der Waals surface area contributed by atoms with Crippen LogP contribution in [0.3, 0.4) is 0 Å². The Morgan fingerprint density at radius 1 is 1.22 bits per heavy atom. The van der Waals surface area contributed by atoms with Crippen LogP contribution < -0.4 is 0 Å². The second-order valence-electron chi connectivity index (χ2n) is 5.37. The van der Waals surface area contributed by atoms with Gasteiger partial charge in [-0.3, -0.25) is 0 Å². The van der Waals surface area contributed by atoms with Gasteiger partial charge in [0.2, 0.25) is 0 Å². The topological polar surface area (TPSA) is 23.5 Å². The van der Waals surface area contributed by atoms with Crippen molar-refractivity contribution in [2.24, 2.45) is 0 Å². The number of rotatable bonds is 4. The van der Waals surface area contributed by atoms with Gasteiger partial charge in [0.25, 0.3) is 0 Å². The maximum absolute atomic E-state index is 10.7. The molecule has 0 saturated carbocycles. The highest BCUT2D eigenvalue weighted by Crippen LogP contribution is 2.26. The zero-order valence-corrected chi connectivity index (χ0v) is 13.2. The quantitative estimate of drug-likeness (QED) is 0.836. The first-order valence-corrected chi connectivity index (χ1v) is 7.88. The van der Waals surface area contributed by atoms with Crippen LogP contribution in [0.2, 0.25) is 0 Å². The van der Waals surface area contributed by atoms with Crippen LogP contribution in [0, 0.1) is 3.57 Å². The molecular weight excluding hydrogens is 337 g/mol. The van der Waals surface area contributed by atoms with Crippen molar-refractivity contribution in [3.05, 3.63) is 33.4 Å². The van der Waals surface area contributed by atoms with Crippen molar-refractivity contribution in [3.63, 3.8) is 0 Å². The van der Waals surface area contributed by atoms with Crippen molar-refractivity contribution in [3.8, 4) is 0 Å². The summed E-state index contributed by atoms with van der Waals surface area (Å²) in [5.74, 6) is 0. The molecule has 1 N–H and O–H groups in total. The van der Waals surface area contributed by atoms with E-state index < -0.39 is 5.60 Å². The molecular formula is C15H22INO. The first-order valence-electron chi connectivity index (χ1n) is 6.80. The predicted octanol–water partition coefficient (Wildman–Crippen LogP) is 3.07. The third-order valence-corrected chi connectivity index (χ3v) is 4.49. The number of halogens is 1. The van der Waals surface area contributed by atoms with Gasteiger partial charge in [-0.25, -0.2) is 0 Å². The first-order chi connectivity index (χ1) is 8.61. The minimum atomic E-state index is -0.489. The summed E-state index contributed by atoms with van der Waals surface area (Å²) in [5.41, 5.74) is 0.763. The number of benzene rings is 1. The number of aliphatic hydroxyl groups is 1. The largest absolute Gasteiger partial charge is 0.389 e. The molecule has 0 aromatic heterocycles. The van der Waals surface area contributed by atoms with Crippen LogP contribution in [-0.2, 0) is 6.42 Å². The fourth-order valence-corrected chi connectivity index (χ4v) is 3.03. The smallest absolute Gasteiger partial charge is 0.0712 e. The van der Waals surface area contributed by atoms with Crippen molar-refractivity contribution in [2.45, 2.75) is 38.2 Å². The van der Waals surface area contributed by atoms with E-state index in [0.29, 0.717) is 0 Å². The molecule has 1 heterocycles. The van der Waals surface area contributed by atoms with Gasteiger partial charge in [-0.15, -0.1) is 0 Å². The van der Waals surface area contributed by atoms with E-state index in [0.717, 1.165) is 32.4 Å². The lowest BCUT2D eigenvalue weighted by atomic mass is 9.85. The van der Waals surface area contributed by atoms with E-state index in [2.05, 4.69) is 58.7 Å². The molecule has 1 aromatic carbocycles. The molecule has 0 spiro atoms. The molecule has 0 radical (unpaired) electrons. The molecule has 0 atom stereocenters. The first kappa shape index (κ1) is 14.3. The van der Waals surface area contributed by atoms with Gasteiger partial charge in [-0.1, -0.05) is 19.1 Å². The van der Waals surface area contributed by atoms with Gasteiger partial charge in [0.1, 0.15) is 0 Å². The van der Waals surface area contributed by atoms with Gasteiger partial charge in [-0.2, -0.15) is 0 Å². The van der Waals surface area contributed by atoms with Crippen LogP contribution >= 0.6 is 22.6 Å². The Kier molecular flexibility index (Phi) is 5.04. The number of piperidine rings is 1. The highest BCUT2D eigenvalue weighted by Gasteiger charge is 2.31. The molecule has 0 amide bonds. The maximum atomic E-state index is 10.7. The summed E-state index contributed by atoms with van der Waals surface area (Å²) in [5, 5.41) is 10.7. The molecule has 2 nitrogen and oxygen atoms in total. The van der Waals surface area contributed by atoms with Crippen LogP contribution in [0.15, 0.2) is 24.3 Å². The highest BCUT2D eigenvalue weighted by atomic mass is 127. The Bertz CT molecular complexity index is 369. The summed E-state index contributed by atoms with van der Waals surface area (Å²) >= 11 is 2.31. The van der Waals surface area contributed by atoms with Gasteiger partial charge in [-0.05, 0) is 66.1 Å². The van der Waals surface area contributed by atoms with E-state index in [4.69, 9.17) is 0 Å². The molecule has 3 heteroatoms. The van der Waals surface area contributed by atoms with E-state index >= 15 is 0 Å². The lowest BCUT2D eigenvalue weighted by Gasteiger charge is -2.38. The molecule has 1 aliphatic heterocycles. The molecule has 2 rings (SSSR count). The van der Waals surface area contributed by atoms with Gasteiger partial charge >= 0.3 is 0 Å². The number of hydrogen-bond acceptors (Lipinski definition) is 2. The summed E-state index contributed by atoms with van der Waals surface area (Å²) in [6.07, 6.45) is 3.80. The minimum absolute atomic E-state index is 0.489. The summed E-state index contributed by atoms with van der Waals surface area (Å²) in [6, 6.07) is 8.51. The van der Waals surface area contributed by atoms with Gasteiger partial charge in [0.15, 0.2) is 0 Å². The number of nitrogens with zero attached hydrogens (tertiary/aromatic N) is 1. The van der Waals surface area contributed by atoms with Crippen LogP contribution in [0.5, 0.6) is 0 Å². The third-order valence-electron chi connectivity index (χ3n) is 3.77. The number of hydrogen-bond donors (Lipinski definition) is 1. The Morgan fingerprint density at radius 3 is 2.39 bits per heavy atom. The van der Waals surface area contributed by atoms with Crippen LogP contribution in [0.1, 0.15) is 31.7 Å². The molecule has 0 aliphatic carbocycles. The molecule has 100 valence electrons. The second-order valence-corrected chi connectivity index (χ2v) is 6.61. The second kappa shape index (κ2) is 6.35. The molecule has 1 aliphatic rings. The molecule has 1 aromatic rings. The summed E-state index contributed by atoms with van der Waals surface area (Å²) in [4.78, 5) is 2.46. The van der Waals surface area contributed by atoms with Gasteiger partial charge in [0.05, 0.1) is 5.60 Å². The average Bonchev–Trinajstić information content (AvgIpc) is 2.36. The maximum Gasteiger partial charge on any atom is 0.0712 e. The fourth-order valence-electron chi connectivity index (χ4n) is 2.67. The van der Waals surface area contributed by atoms with E-state index in [1.54, 1.807) is 0 Å². The third kappa shape index (κ3) is 3.93. The van der Waals surface area contributed by atoms with E-state index in [1.165, 1.54) is 22.1 Å². The Hall–Kier alpha value is -0.130. The standard InChI is InChI=1S/C15H22INO/c1-2-9-17-10-7-15(18,8-11-17)12-13-3-5-14(16)6-4-13/h3-6,18H,2,7-12H2,1H3. The molecule has 1 fully saturated rings. The Morgan fingerprint density at radius 2 is 1.83 bits per heavy atom. The number of likely N-dealkylation sites (tertiary alicyclic amines) is 1. The van der Waals surface area contributed by atoms with E-state index in [1.807, 2.05) is 0 Å². The van der Waals surface area contributed by atoms with Crippen LogP contribution in [0.25, 0.3) is 0 Å². The van der Waals surface area contributed by atoms with Gasteiger partial charge in [0, 0.05) is 23.1 Å². The highest BCUT2D eigenvalue weighted by molar-refractivity contribution is 14.1. The van der Waals surface area contributed by atoms with Crippen LogP contribution in [-0.4, -0.2) is 35.2 Å². The summed E-state index contributed by atoms with van der Waals surface area (Å²) in [6.45, 7) is 5.45. The summed E-state index contributed by atoms with van der Waals surface area (Å²) < 4.78 is 1.25. The monoisotopic (exact) mass is 359 g/mol. The van der Waals surface area contributed by atoms with Gasteiger partial charge < -0.3 is 10.0 Å². The molecule has 1 saturated heterocycles. The van der Waals surface area contributed by atoms with E-state index in [9.17, 15) is 5.11 Å². The lowest BCUT2D eigenvalue weighted by Crippen LogP contribution is -2.45. The van der Waals surface area contributed by atoms with Crippen molar-refractivity contribution in [1.29, 1.82) is 0 Å². The normalized spacial score (nSPS) is 19.9.